The molecule has 0 spiro atoms. The standard InChI is InChI=1S/C13H19NO5S/c1-3-11(7-8-15)14-20(17,18)12-6-4-5-10(9-12)13(16)19-2/h4-6,9,11,14-15H,3,7-8H2,1-2H3. The van der Waals surface area contributed by atoms with Gasteiger partial charge in [-0.15, -0.1) is 0 Å². The second-order valence-electron chi connectivity index (χ2n) is 4.26. The van der Waals surface area contributed by atoms with Crippen molar-refractivity contribution in [1.29, 1.82) is 0 Å². The predicted molar refractivity (Wildman–Crippen MR) is 73.9 cm³/mol. The number of carbonyl (C=O) groups excluding carboxylic acids is 1. The van der Waals surface area contributed by atoms with Gasteiger partial charge >= 0.3 is 5.97 Å². The molecule has 0 saturated carbocycles. The lowest BCUT2D eigenvalue weighted by Gasteiger charge is -2.16. The summed E-state index contributed by atoms with van der Waals surface area (Å²) in [5.41, 5.74) is 0.172. The van der Waals surface area contributed by atoms with Gasteiger partial charge in [0.05, 0.1) is 17.6 Å². The van der Waals surface area contributed by atoms with E-state index >= 15 is 0 Å². The van der Waals surface area contributed by atoms with Crippen LogP contribution in [0.4, 0.5) is 0 Å². The number of nitrogens with one attached hydrogen (secondary N) is 1. The molecule has 0 amide bonds. The lowest BCUT2D eigenvalue weighted by atomic mass is 10.2. The molecule has 2 N–H and O–H groups in total. The molecule has 0 radical (unpaired) electrons. The number of rotatable bonds is 7. The third kappa shape index (κ3) is 4.29. The van der Waals surface area contributed by atoms with Crippen molar-refractivity contribution < 1.29 is 23.1 Å². The highest BCUT2D eigenvalue weighted by Crippen LogP contribution is 2.14. The summed E-state index contributed by atoms with van der Waals surface area (Å²) in [5, 5.41) is 8.89. The zero-order valence-electron chi connectivity index (χ0n) is 11.5. The Morgan fingerprint density at radius 2 is 2.15 bits per heavy atom. The Morgan fingerprint density at radius 1 is 1.45 bits per heavy atom. The minimum atomic E-state index is -3.73. The molecule has 0 aliphatic heterocycles. The topological polar surface area (TPSA) is 92.7 Å². The Morgan fingerprint density at radius 3 is 2.70 bits per heavy atom. The number of esters is 1. The number of benzene rings is 1. The van der Waals surface area contributed by atoms with E-state index in [0.29, 0.717) is 12.8 Å². The van der Waals surface area contributed by atoms with Gasteiger partial charge in [0.25, 0.3) is 0 Å². The quantitative estimate of drug-likeness (QED) is 0.730. The molecule has 112 valence electrons. The van der Waals surface area contributed by atoms with Crippen LogP contribution in [0, 0.1) is 0 Å². The summed E-state index contributed by atoms with van der Waals surface area (Å²) in [6, 6.07) is 5.29. The second kappa shape index (κ2) is 7.37. The summed E-state index contributed by atoms with van der Waals surface area (Å²) in [4.78, 5) is 11.4. The molecule has 0 fully saturated rings. The molecule has 6 nitrogen and oxygen atoms in total. The van der Waals surface area contributed by atoms with Crippen LogP contribution in [0.25, 0.3) is 0 Å². The van der Waals surface area contributed by atoms with Gasteiger partial charge in [-0.2, -0.15) is 0 Å². The fourth-order valence-corrected chi connectivity index (χ4v) is 3.10. The molecule has 1 atom stereocenters. The first-order valence-corrected chi connectivity index (χ1v) is 7.74. The molecule has 0 bridgehead atoms. The van der Waals surface area contributed by atoms with Crippen LogP contribution in [0.15, 0.2) is 29.2 Å². The van der Waals surface area contributed by atoms with Gasteiger partial charge in [-0.1, -0.05) is 13.0 Å². The number of aliphatic hydroxyl groups is 1. The van der Waals surface area contributed by atoms with Crippen molar-refractivity contribution in [3.05, 3.63) is 29.8 Å². The minimum absolute atomic E-state index is 0.00297. The average Bonchev–Trinajstić information content (AvgIpc) is 2.45. The summed E-state index contributed by atoms with van der Waals surface area (Å²) in [6.45, 7) is 1.73. The molecule has 1 aromatic rings. The molecule has 0 aromatic heterocycles. The minimum Gasteiger partial charge on any atom is -0.465 e. The second-order valence-corrected chi connectivity index (χ2v) is 5.97. The largest absolute Gasteiger partial charge is 0.465 e. The molecular formula is C13H19NO5S. The molecule has 20 heavy (non-hydrogen) atoms. The van der Waals surface area contributed by atoms with Gasteiger partial charge in [-0.3, -0.25) is 0 Å². The highest BCUT2D eigenvalue weighted by molar-refractivity contribution is 7.89. The van der Waals surface area contributed by atoms with Crippen molar-refractivity contribution in [2.45, 2.75) is 30.7 Å². The maximum atomic E-state index is 12.2. The molecule has 0 heterocycles. The number of aliphatic hydroxyl groups excluding tert-OH is 1. The Kier molecular flexibility index (Phi) is 6.12. The smallest absolute Gasteiger partial charge is 0.337 e. The summed E-state index contributed by atoms with van der Waals surface area (Å²) < 4.78 is 31.5. The predicted octanol–water partition coefficient (Wildman–Crippen LogP) is 0.912. The Hall–Kier alpha value is -1.44. The van der Waals surface area contributed by atoms with Crippen molar-refractivity contribution in [2.24, 2.45) is 0 Å². The van der Waals surface area contributed by atoms with E-state index in [1.54, 1.807) is 0 Å². The number of hydrogen-bond acceptors (Lipinski definition) is 5. The van der Waals surface area contributed by atoms with Crippen molar-refractivity contribution in [3.63, 3.8) is 0 Å². The molecule has 7 heteroatoms. The van der Waals surface area contributed by atoms with E-state index in [1.165, 1.54) is 31.4 Å². The van der Waals surface area contributed by atoms with Crippen LogP contribution in [0.5, 0.6) is 0 Å². The third-order valence-corrected chi connectivity index (χ3v) is 4.38. The summed E-state index contributed by atoms with van der Waals surface area (Å²) in [5.74, 6) is -0.593. The van der Waals surface area contributed by atoms with E-state index in [-0.39, 0.29) is 23.1 Å². The lowest BCUT2D eigenvalue weighted by Crippen LogP contribution is -2.35. The van der Waals surface area contributed by atoms with E-state index in [4.69, 9.17) is 5.11 Å². The zero-order valence-corrected chi connectivity index (χ0v) is 12.3. The maximum Gasteiger partial charge on any atom is 0.337 e. The van der Waals surface area contributed by atoms with Crippen LogP contribution >= 0.6 is 0 Å². The van der Waals surface area contributed by atoms with Crippen molar-refractivity contribution >= 4 is 16.0 Å². The fraction of sp³-hybridized carbons (Fsp3) is 0.462. The van der Waals surface area contributed by atoms with Crippen molar-refractivity contribution in [1.82, 2.24) is 4.72 Å². The van der Waals surface area contributed by atoms with Crippen LogP contribution in [0.3, 0.4) is 0 Å². The number of methoxy groups -OCH3 is 1. The third-order valence-electron chi connectivity index (χ3n) is 2.86. The molecule has 1 rings (SSSR count). The summed E-state index contributed by atoms with van der Waals surface area (Å²) >= 11 is 0. The van der Waals surface area contributed by atoms with E-state index < -0.39 is 16.0 Å². The molecule has 0 aliphatic carbocycles. The van der Waals surface area contributed by atoms with Gasteiger partial charge < -0.3 is 9.84 Å². The monoisotopic (exact) mass is 301 g/mol. The Bertz CT molecular complexity index is 556. The maximum absolute atomic E-state index is 12.2. The molecule has 0 saturated heterocycles. The van der Waals surface area contributed by atoms with Crippen LogP contribution < -0.4 is 4.72 Å². The SMILES string of the molecule is CCC(CCO)NS(=O)(=O)c1cccc(C(=O)OC)c1. The lowest BCUT2D eigenvalue weighted by molar-refractivity contribution is 0.0600. The summed E-state index contributed by atoms with van der Waals surface area (Å²) in [7, 11) is -2.49. The van der Waals surface area contributed by atoms with E-state index in [0.717, 1.165) is 0 Å². The van der Waals surface area contributed by atoms with E-state index in [1.807, 2.05) is 6.92 Å². The first kappa shape index (κ1) is 16.6. The number of ether oxygens (including phenoxy) is 1. The van der Waals surface area contributed by atoms with Crippen molar-refractivity contribution in [2.75, 3.05) is 13.7 Å². The highest BCUT2D eigenvalue weighted by atomic mass is 32.2. The van der Waals surface area contributed by atoms with E-state index in [2.05, 4.69) is 9.46 Å². The molecule has 0 aliphatic rings. The molecular weight excluding hydrogens is 282 g/mol. The van der Waals surface area contributed by atoms with Gasteiger partial charge in [-0.25, -0.2) is 17.9 Å². The average molecular weight is 301 g/mol. The van der Waals surface area contributed by atoms with Gasteiger partial charge in [0.15, 0.2) is 0 Å². The van der Waals surface area contributed by atoms with Crippen LogP contribution in [0.1, 0.15) is 30.1 Å². The van der Waals surface area contributed by atoms with Crippen molar-refractivity contribution in [3.8, 4) is 0 Å². The van der Waals surface area contributed by atoms with E-state index in [9.17, 15) is 13.2 Å². The van der Waals surface area contributed by atoms with Crippen LogP contribution in [0.2, 0.25) is 0 Å². The normalized spacial score (nSPS) is 12.9. The number of sulfonamides is 1. The molecule has 1 unspecified atom stereocenters. The number of hydrogen-bond donors (Lipinski definition) is 2. The summed E-state index contributed by atoms with van der Waals surface area (Å²) in [6.07, 6.45) is 0.906. The Labute approximate surface area is 118 Å². The Balaban J connectivity index is 3.00. The van der Waals surface area contributed by atoms with Gasteiger partial charge in [0.1, 0.15) is 0 Å². The van der Waals surface area contributed by atoms with Crippen LogP contribution in [-0.4, -0.2) is 39.3 Å². The zero-order chi connectivity index (χ0) is 15.2. The number of carbonyl (C=O) groups is 1. The van der Waals surface area contributed by atoms with Gasteiger partial charge in [0, 0.05) is 12.6 Å². The van der Waals surface area contributed by atoms with Crippen LogP contribution in [-0.2, 0) is 14.8 Å². The molecule has 1 aromatic carbocycles. The first-order chi connectivity index (χ1) is 9.44. The van der Waals surface area contributed by atoms with Gasteiger partial charge in [-0.05, 0) is 31.0 Å². The first-order valence-electron chi connectivity index (χ1n) is 6.26. The highest BCUT2D eigenvalue weighted by Gasteiger charge is 2.20. The fourth-order valence-electron chi connectivity index (χ4n) is 1.70. The van der Waals surface area contributed by atoms with Gasteiger partial charge in [0.2, 0.25) is 10.0 Å².